The molecule has 0 bridgehead atoms. The Balaban J connectivity index is 1.62. The van der Waals surface area contributed by atoms with Gasteiger partial charge in [0.2, 0.25) is 5.91 Å². The number of aryl methyl sites for hydroxylation is 1. The Morgan fingerprint density at radius 2 is 1.79 bits per heavy atom. The minimum Gasteiger partial charge on any atom is -0.490 e. The maximum Gasteiger partial charge on any atom is 0.312 e. The summed E-state index contributed by atoms with van der Waals surface area (Å²) in [5, 5.41) is 5.63. The van der Waals surface area contributed by atoms with Gasteiger partial charge in [0, 0.05) is 12.1 Å². The van der Waals surface area contributed by atoms with E-state index in [4.69, 9.17) is 10.5 Å². The highest BCUT2D eigenvalue weighted by Gasteiger charge is 2.20. The molecule has 154 valence electrons. The van der Waals surface area contributed by atoms with Crippen molar-refractivity contribution in [3.8, 4) is 5.75 Å². The van der Waals surface area contributed by atoms with Gasteiger partial charge in [-0.2, -0.15) is 0 Å². The van der Waals surface area contributed by atoms with Crippen molar-refractivity contribution >= 4 is 11.9 Å². The molecule has 0 aromatic heterocycles. The van der Waals surface area contributed by atoms with Crippen LogP contribution < -0.4 is 21.1 Å². The van der Waals surface area contributed by atoms with Crippen molar-refractivity contribution in [3.05, 3.63) is 65.2 Å². The van der Waals surface area contributed by atoms with E-state index in [1.54, 1.807) is 0 Å². The fraction of sp³-hybridized carbons (Fsp3) is 0.391. The average molecular weight is 396 g/mol. The predicted octanol–water partition coefficient (Wildman–Crippen LogP) is 3.73. The Morgan fingerprint density at radius 1 is 1.10 bits per heavy atom. The second-order valence-corrected chi connectivity index (χ2v) is 7.53. The van der Waals surface area contributed by atoms with E-state index in [0.717, 1.165) is 35.3 Å². The quantitative estimate of drug-likeness (QED) is 0.636. The molecule has 1 fully saturated rings. The number of para-hydroxylation sites is 1. The summed E-state index contributed by atoms with van der Waals surface area (Å²) in [6.07, 6.45) is 4.94. The molecule has 0 saturated heterocycles. The molecular formula is C23H29N3O3. The molecule has 3 rings (SSSR count). The number of nitrogens with two attached hydrogens (primary N) is 1. The van der Waals surface area contributed by atoms with Crippen LogP contribution in [0, 0.1) is 6.92 Å². The number of rotatable bonds is 8. The second-order valence-electron chi connectivity index (χ2n) is 7.53. The lowest BCUT2D eigenvalue weighted by Crippen LogP contribution is -2.36. The van der Waals surface area contributed by atoms with E-state index in [1.807, 2.05) is 55.5 Å². The summed E-state index contributed by atoms with van der Waals surface area (Å²) in [5.41, 5.74) is 8.14. The normalized spacial score (nSPS) is 14.9. The number of primary amides is 1. The molecule has 4 N–H and O–H groups in total. The van der Waals surface area contributed by atoms with Crippen molar-refractivity contribution in [2.24, 2.45) is 5.73 Å². The van der Waals surface area contributed by atoms with E-state index < -0.39 is 12.1 Å². The minimum absolute atomic E-state index is 0.111. The second kappa shape index (κ2) is 9.96. The number of carbonyl (C=O) groups excluding carboxylic acids is 2. The van der Waals surface area contributed by atoms with Crippen LogP contribution in [0.2, 0.25) is 0 Å². The van der Waals surface area contributed by atoms with E-state index in [-0.39, 0.29) is 18.4 Å². The zero-order valence-electron chi connectivity index (χ0n) is 16.8. The van der Waals surface area contributed by atoms with Crippen LogP contribution in [0.15, 0.2) is 48.5 Å². The lowest BCUT2D eigenvalue weighted by atomic mass is 9.98. The van der Waals surface area contributed by atoms with Crippen LogP contribution >= 0.6 is 0 Å². The van der Waals surface area contributed by atoms with Crippen LogP contribution in [0.3, 0.4) is 0 Å². The third-order valence-corrected chi connectivity index (χ3v) is 5.31. The van der Waals surface area contributed by atoms with Gasteiger partial charge in [0.15, 0.2) is 0 Å². The van der Waals surface area contributed by atoms with Crippen LogP contribution in [-0.2, 0) is 11.3 Å². The van der Waals surface area contributed by atoms with E-state index in [2.05, 4.69) is 10.6 Å². The summed E-state index contributed by atoms with van der Waals surface area (Å²) < 4.78 is 6.13. The van der Waals surface area contributed by atoms with E-state index in [9.17, 15) is 9.59 Å². The average Bonchev–Trinajstić information content (AvgIpc) is 3.20. The predicted molar refractivity (Wildman–Crippen MR) is 112 cm³/mol. The Bertz CT molecular complexity index is 847. The third-order valence-electron chi connectivity index (χ3n) is 5.31. The zero-order chi connectivity index (χ0) is 20.6. The molecule has 6 nitrogen and oxygen atoms in total. The van der Waals surface area contributed by atoms with Crippen molar-refractivity contribution in [1.29, 1.82) is 0 Å². The van der Waals surface area contributed by atoms with Gasteiger partial charge in [-0.1, -0.05) is 42.5 Å². The summed E-state index contributed by atoms with van der Waals surface area (Å²) in [5.74, 6) is 0.660. The number of benzene rings is 2. The Hall–Kier alpha value is -3.02. The molecule has 2 aromatic carbocycles. The fourth-order valence-corrected chi connectivity index (χ4v) is 3.79. The Kier molecular flexibility index (Phi) is 7.11. The van der Waals surface area contributed by atoms with Crippen molar-refractivity contribution in [1.82, 2.24) is 10.6 Å². The number of ether oxygens (including phenoxy) is 1. The molecule has 1 saturated carbocycles. The third kappa shape index (κ3) is 5.98. The maximum atomic E-state index is 12.6. The van der Waals surface area contributed by atoms with Crippen LogP contribution in [0.4, 0.5) is 4.79 Å². The minimum atomic E-state index is -0.652. The smallest absolute Gasteiger partial charge is 0.312 e. The van der Waals surface area contributed by atoms with Gasteiger partial charge in [-0.3, -0.25) is 4.79 Å². The highest BCUT2D eigenvalue weighted by molar-refractivity contribution is 5.79. The van der Waals surface area contributed by atoms with Gasteiger partial charge in [-0.15, -0.1) is 0 Å². The van der Waals surface area contributed by atoms with Crippen molar-refractivity contribution in [2.75, 3.05) is 0 Å². The molecular weight excluding hydrogens is 366 g/mol. The molecule has 3 amide bonds. The Labute approximate surface area is 171 Å². The van der Waals surface area contributed by atoms with Gasteiger partial charge in [-0.25, -0.2) is 4.79 Å². The molecule has 0 heterocycles. The molecule has 2 aromatic rings. The topological polar surface area (TPSA) is 93.4 Å². The number of hydrogen-bond donors (Lipinski definition) is 3. The summed E-state index contributed by atoms with van der Waals surface area (Å²) in [6.45, 7) is 2.32. The fourth-order valence-electron chi connectivity index (χ4n) is 3.79. The first-order chi connectivity index (χ1) is 14.0. The monoisotopic (exact) mass is 395 g/mol. The molecule has 0 spiro atoms. The summed E-state index contributed by atoms with van der Waals surface area (Å²) in [4.78, 5) is 24.0. The van der Waals surface area contributed by atoms with E-state index >= 15 is 0 Å². The highest BCUT2D eigenvalue weighted by atomic mass is 16.5. The van der Waals surface area contributed by atoms with Gasteiger partial charge in [0.1, 0.15) is 5.75 Å². The lowest BCUT2D eigenvalue weighted by molar-refractivity contribution is -0.121. The van der Waals surface area contributed by atoms with Crippen LogP contribution in [0.1, 0.15) is 54.8 Å². The van der Waals surface area contributed by atoms with E-state index in [0.29, 0.717) is 6.54 Å². The van der Waals surface area contributed by atoms with Crippen molar-refractivity contribution in [3.63, 3.8) is 0 Å². The number of nitrogens with one attached hydrogen (secondary N) is 2. The summed E-state index contributed by atoms with van der Waals surface area (Å²) >= 11 is 0. The van der Waals surface area contributed by atoms with Crippen molar-refractivity contribution in [2.45, 2.75) is 57.7 Å². The highest BCUT2D eigenvalue weighted by Crippen LogP contribution is 2.27. The van der Waals surface area contributed by atoms with Crippen LogP contribution in [-0.4, -0.2) is 18.0 Å². The molecule has 6 heteroatoms. The Morgan fingerprint density at radius 3 is 2.52 bits per heavy atom. The first-order valence-electron chi connectivity index (χ1n) is 10.2. The van der Waals surface area contributed by atoms with E-state index in [1.165, 1.54) is 12.8 Å². The number of amides is 3. The molecule has 0 aliphatic heterocycles. The van der Waals surface area contributed by atoms with Gasteiger partial charge < -0.3 is 21.1 Å². The molecule has 1 aliphatic rings. The molecule has 29 heavy (non-hydrogen) atoms. The standard InChI is InChI=1S/C23H29N3O3/c1-16-8-2-6-12-19(16)20(26-23(24)28)14-22(27)25-15-17-9-3-7-13-21(17)29-18-10-4-5-11-18/h2-3,6-9,12-13,18,20H,4-5,10-11,14-15H2,1H3,(H,25,27)(H3,24,26,28). The van der Waals surface area contributed by atoms with Gasteiger partial charge >= 0.3 is 6.03 Å². The first kappa shape index (κ1) is 20.7. The first-order valence-corrected chi connectivity index (χ1v) is 10.2. The van der Waals surface area contributed by atoms with Crippen LogP contribution in [0.25, 0.3) is 0 Å². The molecule has 0 radical (unpaired) electrons. The lowest BCUT2D eigenvalue weighted by Gasteiger charge is -2.20. The molecule has 1 unspecified atom stereocenters. The molecule has 1 aliphatic carbocycles. The van der Waals surface area contributed by atoms with Crippen molar-refractivity contribution < 1.29 is 14.3 Å². The molecule has 1 atom stereocenters. The number of urea groups is 1. The summed E-state index contributed by atoms with van der Waals surface area (Å²) in [7, 11) is 0. The SMILES string of the molecule is Cc1ccccc1C(CC(=O)NCc1ccccc1OC1CCCC1)NC(N)=O. The number of hydrogen-bond acceptors (Lipinski definition) is 3. The zero-order valence-corrected chi connectivity index (χ0v) is 16.8. The number of carbonyl (C=O) groups is 2. The summed E-state index contributed by atoms with van der Waals surface area (Å²) in [6, 6.07) is 14.3. The van der Waals surface area contributed by atoms with Gasteiger partial charge in [0.25, 0.3) is 0 Å². The maximum absolute atomic E-state index is 12.6. The van der Waals surface area contributed by atoms with Gasteiger partial charge in [-0.05, 0) is 49.8 Å². The van der Waals surface area contributed by atoms with Gasteiger partial charge in [0.05, 0.1) is 18.6 Å². The van der Waals surface area contributed by atoms with Crippen LogP contribution in [0.5, 0.6) is 5.75 Å². The largest absolute Gasteiger partial charge is 0.490 e.